The summed E-state index contributed by atoms with van der Waals surface area (Å²) in [5.41, 5.74) is 0.660. The van der Waals surface area contributed by atoms with E-state index >= 15 is 0 Å². The monoisotopic (exact) mass is 235 g/mol. The predicted molar refractivity (Wildman–Crippen MR) is 68.4 cm³/mol. The molecular formula is C14H21NO2. The maximum absolute atomic E-state index is 12.1. The highest BCUT2D eigenvalue weighted by Crippen LogP contribution is 2.18. The van der Waals surface area contributed by atoms with Crippen molar-refractivity contribution in [2.45, 2.75) is 40.0 Å². The fourth-order valence-corrected chi connectivity index (χ4v) is 1.75. The Balaban J connectivity index is 2.79. The van der Waals surface area contributed by atoms with Crippen LogP contribution in [0.25, 0.3) is 0 Å². The van der Waals surface area contributed by atoms with Gasteiger partial charge < -0.3 is 4.74 Å². The standard InChI is InChI=1S/C14H21NO2/c1-4-7-17-13-8-12(9-15-10-13)14(16)11(5-2)6-3/h8-11H,4-7H2,1-3H3. The minimum Gasteiger partial charge on any atom is -0.492 e. The van der Waals surface area contributed by atoms with Crippen LogP contribution in [0.2, 0.25) is 0 Å². The van der Waals surface area contributed by atoms with Crippen molar-refractivity contribution in [2.75, 3.05) is 6.61 Å². The Morgan fingerprint density at radius 3 is 2.59 bits per heavy atom. The molecule has 0 radical (unpaired) electrons. The molecular weight excluding hydrogens is 214 g/mol. The van der Waals surface area contributed by atoms with E-state index in [1.54, 1.807) is 18.5 Å². The van der Waals surface area contributed by atoms with E-state index in [2.05, 4.69) is 4.98 Å². The molecule has 0 bridgehead atoms. The molecule has 0 aliphatic rings. The fourth-order valence-electron chi connectivity index (χ4n) is 1.75. The van der Waals surface area contributed by atoms with Crippen LogP contribution in [0.4, 0.5) is 0 Å². The van der Waals surface area contributed by atoms with Gasteiger partial charge in [0.1, 0.15) is 5.75 Å². The molecule has 0 N–H and O–H groups in total. The summed E-state index contributed by atoms with van der Waals surface area (Å²) in [5, 5.41) is 0. The molecule has 0 aliphatic carbocycles. The van der Waals surface area contributed by atoms with Crippen LogP contribution in [-0.2, 0) is 0 Å². The van der Waals surface area contributed by atoms with Crippen molar-refractivity contribution in [1.29, 1.82) is 0 Å². The van der Waals surface area contributed by atoms with E-state index in [-0.39, 0.29) is 11.7 Å². The Labute approximate surface area is 103 Å². The number of aromatic nitrogens is 1. The highest BCUT2D eigenvalue weighted by atomic mass is 16.5. The topological polar surface area (TPSA) is 39.2 Å². The second kappa shape index (κ2) is 7.05. The Kier molecular flexibility index (Phi) is 5.67. The molecule has 0 aliphatic heterocycles. The number of ketones is 1. The summed E-state index contributed by atoms with van der Waals surface area (Å²) in [5.74, 6) is 0.950. The summed E-state index contributed by atoms with van der Waals surface area (Å²) >= 11 is 0. The number of Topliss-reactive ketones (excluding diaryl/α,β-unsaturated/α-hetero) is 1. The van der Waals surface area contributed by atoms with Crippen LogP contribution in [0.15, 0.2) is 18.5 Å². The number of pyridine rings is 1. The van der Waals surface area contributed by atoms with Gasteiger partial charge in [-0.3, -0.25) is 9.78 Å². The van der Waals surface area contributed by atoms with Gasteiger partial charge in [0.15, 0.2) is 5.78 Å². The van der Waals surface area contributed by atoms with Gasteiger partial charge in [-0.25, -0.2) is 0 Å². The lowest BCUT2D eigenvalue weighted by Gasteiger charge is -2.11. The van der Waals surface area contributed by atoms with Gasteiger partial charge in [-0.1, -0.05) is 20.8 Å². The van der Waals surface area contributed by atoms with Gasteiger partial charge in [0.2, 0.25) is 0 Å². The van der Waals surface area contributed by atoms with E-state index in [0.717, 1.165) is 19.3 Å². The van der Waals surface area contributed by atoms with E-state index in [1.807, 2.05) is 20.8 Å². The third-order valence-corrected chi connectivity index (χ3v) is 2.83. The zero-order valence-corrected chi connectivity index (χ0v) is 10.9. The maximum Gasteiger partial charge on any atom is 0.167 e. The zero-order valence-electron chi connectivity index (χ0n) is 10.9. The first-order valence-electron chi connectivity index (χ1n) is 6.34. The van der Waals surface area contributed by atoms with Crippen molar-refractivity contribution in [3.05, 3.63) is 24.0 Å². The molecule has 1 rings (SSSR count). The molecule has 17 heavy (non-hydrogen) atoms. The molecule has 1 aromatic rings. The fraction of sp³-hybridized carbons (Fsp3) is 0.571. The molecule has 0 spiro atoms. The largest absolute Gasteiger partial charge is 0.492 e. The Bertz CT molecular complexity index is 359. The normalized spacial score (nSPS) is 10.6. The van der Waals surface area contributed by atoms with E-state index in [4.69, 9.17) is 4.74 Å². The number of hydrogen-bond acceptors (Lipinski definition) is 3. The van der Waals surface area contributed by atoms with Crippen molar-refractivity contribution in [2.24, 2.45) is 5.92 Å². The molecule has 94 valence electrons. The molecule has 1 heterocycles. The minimum absolute atomic E-state index is 0.0956. The molecule has 0 aromatic carbocycles. The highest BCUT2D eigenvalue weighted by Gasteiger charge is 2.17. The smallest absolute Gasteiger partial charge is 0.167 e. The summed E-state index contributed by atoms with van der Waals surface area (Å²) in [6, 6.07) is 1.79. The van der Waals surface area contributed by atoms with Gasteiger partial charge in [-0.15, -0.1) is 0 Å². The second-order valence-electron chi connectivity index (χ2n) is 4.14. The SMILES string of the molecule is CCCOc1cncc(C(=O)C(CC)CC)c1. The van der Waals surface area contributed by atoms with Crippen LogP contribution in [-0.4, -0.2) is 17.4 Å². The lowest BCUT2D eigenvalue weighted by atomic mass is 9.94. The average Bonchev–Trinajstić information content (AvgIpc) is 2.38. The van der Waals surface area contributed by atoms with Crippen LogP contribution in [0.1, 0.15) is 50.4 Å². The quantitative estimate of drug-likeness (QED) is 0.679. The van der Waals surface area contributed by atoms with Crippen LogP contribution in [0.5, 0.6) is 5.75 Å². The Morgan fingerprint density at radius 1 is 1.29 bits per heavy atom. The van der Waals surface area contributed by atoms with E-state index < -0.39 is 0 Å². The Morgan fingerprint density at radius 2 is 2.00 bits per heavy atom. The third-order valence-electron chi connectivity index (χ3n) is 2.83. The van der Waals surface area contributed by atoms with Gasteiger partial charge in [0.25, 0.3) is 0 Å². The van der Waals surface area contributed by atoms with Crippen molar-refractivity contribution in [3.8, 4) is 5.75 Å². The van der Waals surface area contributed by atoms with Crippen LogP contribution in [0.3, 0.4) is 0 Å². The lowest BCUT2D eigenvalue weighted by Crippen LogP contribution is -2.13. The number of carbonyl (C=O) groups excluding carboxylic acids is 1. The average molecular weight is 235 g/mol. The number of ether oxygens (including phenoxy) is 1. The minimum atomic E-state index is 0.0956. The van der Waals surface area contributed by atoms with Gasteiger partial charge in [0.05, 0.1) is 12.8 Å². The first-order valence-corrected chi connectivity index (χ1v) is 6.34. The number of rotatable bonds is 7. The van der Waals surface area contributed by atoms with Crippen molar-refractivity contribution in [3.63, 3.8) is 0 Å². The molecule has 0 saturated carbocycles. The van der Waals surface area contributed by atoms with Crippen LogP contribution >= 0.6 is 0 Å². The zero-order chi connectivity index (χ0) is 12.7. The molecule has 0 amide bonds. The summed E-state index contributed by atoms with van der Waals surface area (Å²) in [6.07, 6.45) is 5.97. The highest BCUT2D eigenvalue weighted by molar-refractivity contribution is 5.97. The Hall–Kier alpha value is -1.38. The van der Waals surface area contributed by atoms with Crippen molar-refractivity contribution < 1.29 is 9.53 Å². The molecule has 3 heteroatoms. The molecule has 3 nitrogen and oxygen atoms in total. The maximum atomic E-state index is 12.1. The van der Waals surface area contributed by atoms with E-state index in [1.165, 1.54) is 0 Å². The molecule has 0 atom stereocenters. The van der Waals surface area contributed by atoms with Gasteiger partial charge in [-0.05, 0) is 25.3 Å². The van der Waals surface area contributed by atoms with Gasteiger partial charge in [0, 0.05) is 17.7 Å². The third kappa shape index (κ3) is 3.84. The first-order chi connectivity index (χ1) is 8.22. The molecule has 0 unspecified atom stereocenters. The molecule has 0 saturated heterocycles. The molecule has 1 aromatic heterocycles. The van der Waals surface area contributed by atoms with Crippen molar-refractivity contribution in [1.82, 2.24) is 4.98 Å². The van der Waals surface area contributed by atoms with E-state index in [9.17, 15) is 4.79 Å². The second-order valence-corrected chi connectivity index (χ2v) is 4.14. The first kappa shape index (κ1) is 13.7. The number of nitrogens with zero attached hydrogens (tertiary/aromatic N) is 1. The van der Waals surface area contributed by atoms with Crippen LogP contribution < -0.4 is 4.74 Å². The summed E-state index contributed by atoms with van der Waals surface area (Å²) in [6.45, 7) is 6.78. The molecule has 0 fully saturated rings. The summed E-state index contributed by atoms with van der Waals surface area (Å²) in [7, 11) is 0. The number of carbonyl (C=O) groups is 1. The summed E-state index contributed by atoms with van der Waals surface area (Å²) < 4.78 is 5.48. The van der Waals surface area contributed by atoms with Gasteiger partial charge >= 0.3 is 0 Å². The van der Waals surface area contributed by atoms with Gasteiger partial charge in [-0.2, -0.15) is 0 Å². The predicted octanol–water partition coefficient (Wildman–Crippen LogP) is 3.49. The number of hydrogen-bond donors (Lipinski definition) is 0. The van der Waals surface area contributed by atoms with E-state index in [0.29, 0.717) is 17.9 Å². The van der Waals surface area contributed by atoms with Crippen LogP contribution in [0, 0.1) is 5.92 Å². The van der Waals surface area contributed by atoms with Crippen molar-refractivity contribution >= 4 is 5.78 Å². The lowest BCUT2D eigenvalue weighted by molar-refractivity contribution is 0.0912. The summed E-state index contributed by atoms with van der Waals surface area (Å²) in [4.78, 5) is 16.2.